The molecule has 0 heterocycles. The SMILES string of the molecule is CC[S+](C)C1CC1. The fraction of sp³-hybridized carbons (Fsp3) is 1.00. The van der Waals surface area contributed by atoms with Crippen LogP contribution in [-0.4, -0.2) is 17.3 Å². The number of rotatable bonds is 2. The third-order valence-corrected chi connectivity index (χ3v) is 4.07. The lowest BCUT2D eigenvalue weighted by Crippen LogP contribution is -2.06. The van der Waals surface area contributed by atoms with Crippen LogP contribution in [0.3, 0.4) is 0 Å². The number of hydrogen-bond acceptors (Lipinski definition) is 0. The Labute approximate surface area is 48.6 Å². The molecular weight excluding hydrogens is 104 g/mol. The van der Waals surface area contributed by atoms with Crippen LogP contribution in [0.4, 0.5) is 0 Å². The van der Waals surface area contributed by atoms with Crippen molar-refractivity contribution in [2.75, 3.05) is 12.0 Å². The second-order valence-corrected chi connectivity index (χ2v) is 4.81. The molecule has 0 aromatic heterocycles. The molecule has 0 saturated heterocycles. The van der Waals surface area contributed by atoms with Crippen LogP contribution in [0.2, 0.25) is 0 Å². The first kappa shape index (κ1) is 5.49. The van der Waals surface area contributed by atoms with Crippen LogP contribution in [0.15, 0.2) is 0 Å². The molecule has 1 fully saturated rings. The van der Waals surface area contributed by atoms with E-state index in [9.17, 15) is 0 Å². The van der Waals surface area contributed by atoms with Crippen molar-refractivity contribution in [3.63, 3.8) is 0 Å². The first-order valence-corrected chi connectivity index (χ1v) is 4.82. The van der Waals surface area contributed by atoms with Gasteiger partial charge < -0.3 is 0 Å². The van der Waals surface area contributed by atoms with Crippen LogP contribution >= 0.6 is 0 Å². The van der Waals surface area contributed by atoms with Crippen LogP contribution in [0.25, 0.3) is 0 Å². The van der Waals surface area contributed by atoms with Gasteiger partial charge in [0.1, 0.15) is 11.0 Å². The van der Waals surface area contributed by atoms with Crippen molar-refractivity contribution in [1.29, 1.82) is 0 Å². The van der Waals surface area contributed by atoms with Crippen LogP contribution in [0.5, 0.6) is 0 Å². The van der Waals surface area contributed by atoms with Crippen molar-refractivity contribution < 1.29 is 0 Å². The van der Waals surface area contributed by atoms with E-state index in [1.807, 2.05) is 0 Å². The molecule has 1 rings (SSSR count). The van der Waals surface area contributed by atoms with Gasteiger partial charge >= 0.3 is 0 Å². The summed E-state index contributed by atoms with van der Waals surface area (Å²) in [5, 5.41) is 1.14. The van der Waals surface area contributed by atoms with Crippen molar-refractivity contribution in [3.8, 4) is 0 Å². The van der Waals surface area contributed by atoms with Crippen LogP contribution in [0.1, 0.15) is 19.8 Å². The lowest BCUT2D eigenvalue weighted by molar-refractivity contribution is 1.42. The molecule has 1 unspecified atom stereocenters. The maximum absolute atomic E-state index is 2.39. The third kappa shape index (κ3) is 1.37. The van der Waals surface area contributed by atoms with Crippen molar-refractivity contribution in [1.82, 2.24) is 0 Å². The first-order chi connectivity index (χ1) is 3.34. The summed E-state index contributed by atoms with van der Waals surface area (Å²) in [4.78, 5) is 0. The summed E-state index contributed by atoms with van der Waals surface area (Å²) < 4.78 is 0. The average Bonchev–Trinajstić information content (AvgIpc) is 2.44. The molecule has 42 valence electrons. The Bertz CT molecular complexity index is 57.2. The Morgan fingerprint density at radius 2 is 2.14 bits per heavy atom. The summed E-state index contributed by atoms with van der Waals surface area (Å²) in [6.07, 6.45) is 5.43. The van der Waals surface area contributed by atoms with Gasteiger partial charge in [0, 0.05) is 0 Å². The van der Waals surface area contributed by atoms with E-state index >= 15 is 0 Å². The summed E-state index contributed by atoms with van der Waals surface area (Å²) in [6, 6.07) is 0. The molecule has 7 heavy (non-hydrogen) atoms. The van der Waals surface area contributed by atoms with E-state index in [0.717, 1.165) is 16.1 Å². The fourth-order valence-electron chi connectivity index (χ4n) is 0.706. The molecule has 1 saturated carbocycles. The second-order valence-electron chi connectivity index (χ2n) is 2.18. The predicted molar refractivity (Wildman–Crippen MR) is 36.9 cm³/mol. The van der Waals surface area contributed by atoms with Gasteiger partial charge in [0.25, 0.3) is 0 Å². The van der Waals surface area contributed by atoms with Gasteiger partial charge in [0.2, 0.25) is 0 Å². The molecule has 0 nitrogen and oxygen atoms in total. The quantitative estimate of drug-likeness (QED) is 0.480. The Hall–Kier alpha value is 0.350. The van der Waals surface area contributed by atoms with E-state index in [1.165, 1.54) is 18.6 Å². The normalized spacial score (nSPS) is 24.9. The summed E-state index contributed by atoms with van der Waals surface area (Å²) in [5.41, 5.74) is 0. The average molecular weight is 117 g/mol. The van der Waals surface area contributed by atoms with Gasteiger partial charge in [-0.1, -0.05) is 0 Å². The molecule has 1 atom stereocenters. The van der Waals surface area contributed by atoms with Gasteiger partial charge in [-0.25, -0.2) is 0 Å². The van der Waals surface area contributed by atoms with E-state index in [-0.39, 0.29) is 0 Å². The van der Waals surface area contributed by atoms with Crippen LogP contribution < -0.4 is 0 Å². The molecule has 0 N–H and O–H groups in total. The van der Waals surface area contributed by atoms with Crippen LogP contribution in [-0.2, 0) is 10.9 Å². The topological polar surface area (TPSA) is 0 Å². The monoisotopic (exact) mass is 117 g/mol. The molecule has 0 aromatic carbocycles. The van der Waals surface area contributed by atoms with E-state index < -0.39 is 0 Å². The van der Waals surface area contributed by atoms with Gasteiger partial charge in [-0.15, -0.1) is 0 Å². The molecule has 1 heteroatoms. The third-order valence-electron chi connectivity index (χ3n) is 1.55. The maximum atomic E-state index is 2.39. The fourth-order valence-corrected chi connectivity index (χ4v) is 2.12. The Balaban J connectivity index is 2.10. The van der Waals surface area contributed by atoms with Gasteiger partial charge in [-0.3, -0.25) is 0 Å². The molecule has 0 bridgehead atoms. The molecular formula is C6H13S+. The largest absolute Gasteiger partial charge is 0.118 e. The Kier molecular flexibility index (Phi) is 1.63. The molecule has 0 aliphatic heterocycles. The maximum Gasteiger partial charge on any atom is 0.118 e. The van der Waals surface area contributed by atoms with Crippen molar-refractivity contribution in [2.45, 2.75) is 25.0 Å². The molecule has 0 spiro atoms. The zero-order valence-electron chi connectivity index (χ0n) is 5.11. The van der Waals surface area contributed by atoms with E-state index in [1.54, 1.807) is 0 Å². The van der Waals surface area contributed by atoms with Crippen molar-refractivity contribution in [3.05, 3.63) is 0 Å². The minimum atomic E-state index is 0.782. The minimum Gasteiger partial charge on any atom is -0.0198 e. The highest BCUT2D eigenvalue weighted by atomic mass is 32.2. The zero-order chi connectivity index (χ0) is 5.28. The Morgan fingerprint density at radius 1 is 1.57 bits per heavy atom. The summed E-state index contributed by atoms with van der Waals surface area (Å²) >= 11 is 0. The molecule has 0 radical (unpaired) electrons. The van der Waals surface area contributed by atoms with Gasteiger partial charge in [0.05, 0.1) is 6.26 Å². The number of hydrogen-bond donors (Lipinski definition) is 0. The lowest BCUT2D eigenvalue weighted by Gasteiger charge is -1.92. The molecule has 1 aliphatic rings. The molecule has 0 amide bonds. The van der Waals surface area contributed by atoms with Gasteiger partial charge in [-0.05, 0) is 30.7 Å². The standard InChI is InChI=1S/C6H13S/c1-3-7(2)6-4-5-6/h6H,3-5H2,1-2H3/q+1. The molecule has 0 aromatic rings. The Morgan fingerprint density at radius 3 is 2.29 bits per heavy atom. The summed E-state index contributed by atoms with van der Waals surface area (Å²) in [5.74, 6) is 1.41. The highest BCUT2D eigenvalue weighted by Gasteiger charge is 2.35. The zero-order valence-corrected chi connectivity index (χ0v) is 5.92. The van der Waals surface area contributed by atoms with Crippen LogP contribution in [0, 0.1) is 0 Å². The van der Waals surface area contributed by atoms with E-state index in [4.69, 9.17) is 0 Å². The summed E-state index contributed by atoms with van der Waals surface area (Å²) in [6.45, 7) is 2.29. The minimum absolute atomic E-state index is 0.782. The first-order valence-electron chi connectivity index (χ1n) is 2.96. The summed E-state index contributed by atoms with van der Waals surface area (Å²) in [7, 11) is 0.782. The lowest BCUT2D eigenvalue weighted by atomic mass is 11.0. The van der Waals surface area contributed by atoms with E-state index in [0.29, 0.717) is 0 Å². The van der Waals surface area contributed by atoms with Crippen molar-refractivity contribution in [2.24, 2.45) is 0 Å². The van der Waals surface area contributed by atoms with Crippen molar-refractivity contribution >= 4 is 10.9 Å². The highest BCUT2D eigenvalue weighted by molar-refractivity contribution is 7.97. The second kappa shape index (κ2) is 2.08. The predicted octanol–water partition coefficient (Wildman–Crippen LogP) is 1.42. The van der Waals surface area contributed by atoms with E-state index in [2.05, 4.69) is 13.2 Å². The van der Waals surface area contributed by atoms with Gasteiger partial charge in [-0.2, -0.15) is 0 Å². The molecule has 1 aliphatic carbocycles. The smallest absolute Gasteiger partial charge is 0.0198 e. The van der Waals surface area contributed by atoms with Gasteiger partial charge in [0.15, 0.2) is 0 Å². The highest BCUT2D eigenvalue weighted by Crippen LogP contribution is 2.28.